The van der Waals surface area contributed by atoms with Gasteiger partial charge in [0.2, 0.25) is 0 Å². The molecule has 1 aliphatic heterocycles. The maximum absolute atomic E-state index is 12.6. The Hall–Kier alpha value is -2.85. The summed E-state index contributed by atoms with van der Waals surface area (Å²) in [5.41, 5.74) is 5.17. The number of hydrogen-bond donors (Lipinski definition) is 1. The molecule has 32 heavy (non-hydrogen) atoms. The lowest BCUT2D eigenvalue weighted by Gasteiger charge is -2.37. The van der Waals surface area contributed by atoms with Crippen molar-refractivity contribution in [2.75, 3.05) is 32.9 Å². The molecule has 0 aromatic heterocycles. The van der Waals surface area contributed by atoms with Gasteiger partial charge in [-0.2, -0.15) is 0 Å². The normalized spacial score (nSPS) is 21.0. The van der Waals surface area contributed by atoms with E-state index in [1.165, 1.54) is 22.3 Å². The molecule has 0 saturated carbocycles. The minimum Gasteiger partial charge on any atom is -0.508 e. The van der Waals surface area contributed by atoms with E-state index >= 15 is 0 Å². The zero-order chi connectivity index (χ0) is 21.9. The van der Waals surface area contributed by atoms with Crippen LogP contribution >= 0.6 is 0 Å². The molecule has 0 radical (unpaired) electrons. The maximum atomic E-state index is 12.6. The first-order chi connectivity index (χ1) is 15.7. The Bertz CT molecular complexity index is 1030. The van der Waals surface area contributed by atoms with Crippen LogP contribution in [0.25, 0.3) is 0 Å². The molecular formula is C28H30FNO2. The summed E-state index contributed by atoms with van der Waals surface area (Å²) < 4.78 is 18.5. The van der Waals surface area contributed by atoms with Gasteiger partial charge in [-0.15, -0.1) is 0 Å². The molecule has 0 amide bonds. The van der Waals surface area contributed by atoms with E-state index in [-0.39, 0.29) is 18.5 Å². The highest BCUT2D eigenvalue weighted by atomic mass is 19.1. The lowest BCUT2D eigenvalue weighted by molar-refractivity contribution is 0.0668. The highest BCUT2D eigenvalue weighted by Gasteiger charge is 2.32. The van der Waals surface area contributed by atoms with Crippen LogP contribution in [0.3, 0.4) is 0 Å². The van der Waals surface area contributed by atoms with Crippen LogP contribution in [0, 0.1) is 5.92 Å². The van der Waals surface area contributed by atoms with Crippen LogP contribution in [-0.2, 0) is 6.42 Å². The summed E-state index contributed by atoms with van der Waals surface area (Å²) in [6.07, 6.45) is 2.03. The number of benzene rings is 3. The molecule has 0 unspecified atom stereocenters. The number of hydrogen-bond acceptors (Lipinski definition) is 3. The van der Waals surface area contributed by atoms with Crippen LogP contribution in [0.15, 0.2) is 72.8 Å². The zero-order valence-corrected chi connectivity index (χ0v) is 18.3. The zero-order valence-electron chi connectivity index (χ0n) is 18.3. The third-order valence-corrected chi connectivity index (χ3v) is 6.98. The van der Waals surface area contributed by atoms with Crippen molar-refractivity contribution < 1.29 is 14.2 Å². The Morgan fingerprint density at radius 3 is 2.47 bits per heavy atom. The van der Waals surface area contributed by atoms with E-state index in [2.05, 4.69) is 65.6 Å². The molecule has 3 aromatic rings. The fourth-order valence-corrected chi connectivity index (χ4v) is 5.30. The Morgan fingerprint density at radius 2 is 1.72 bits per heavy atom. The van der Waals surface area contributed by atoms with E-state index in [9.17, 15) is 9.50 Å². The molecule has 5 rings (SSSR count). The first-order valence-corrected chi connectivity index (χ1v) is 11.6. The summed E-state index contributed by atoms with van der Waals surface area (Å²) in [5.74, 6) is 2.07. The number of rotatable bonds is 7. The number of alkyl halides is 1. The van der Waals surface area contributed by atoms with Crippen LogP contribution in [0.1, 0.15) is 40.5 Å². The summed E-state index contributed by atoms with van der Waals surface area (Å²) in [4.78, 5) is 2.23. The van der Waals surface area contributed by atoms with E-state index in [1.54, 1.807) is 6.07 Å². The molecule has 3 nitrogen and oxygen atoms in total. The fourth-order valence-electron chi connectivity index (χ4n) is 5.30. The maximum Gasteiger partial charge on any atom is 0.119 e. The average molecular weight is 432 g/mol. The Kier molecular flexibility index (Phi) is 6.13. The van der Waals surface area contributed by atoms with Crippen molar-refractivity contribution in [1.82, 2.24) is 4.90 Å². The van der Waals surface area contributed by atoms with Crippen LogP contribution in [-0.4, -0.2) is 42.9 Å². The molecule has 2 aliphatic rings. The molecule has 4 heteroatoms. The Labute approximate surface area is 189 Å². The number of phenolic OH excluding ortho intramolecular Hbond substituents is 1. The summed E-state index contributed by atoms with van der Waals surface area (Å²) in [6, 6.07) is 25.1. The lowest BCUT2D eigenvalue weighted by atomic mass is 9.69. The quantitative estimate of drug-likeness (QED) is 0.534. The van der Waals surface area contributed by atoms with Gasteiger partial charge in [-0.1, -0.05) is 48.5 Å². The number of halogens is 1. The molecule has 2 atom stereocenters. The number of likely N-dealkylation sites (tertiary alicyclic amines) is 1. The van der Waals surface area contributed by atoms with Crippen molar-refractivity contribution in [2.45, 2.75) is 24.7 Å². The minimum absolute atomic E-state index is 0.215. The van der Waals surface area contributed by atoms with Gasteiger partial charge < -0.3 is 9.84 Å². The molecule has 3 aromatic carbocycles. The highest BCUT2D eigenvalue weighted by molar-refractivity contribution is 5.48. The summed E-state index contributed by atoms with van der Waals surface area (Å²) in [7, 11) is 0. The van der Waals surface area contributed by atoms with Gasteiger partial charge in [0.05, 0.1) is 6.67 Å². The second-order valence-electron chi connectivity index (χ2n) is 9.11. The number of ether oxygens (including phenoxy) is 1. The largest absolute Gasteiger partial charge is 0.508 e. The molecule has 166 valence electrons. The third kappa shape index (κ3) is 4.37. The predicted octanol–water partition coefficient (Wildman–Crippen LogP) is 5.53. The molecule has 1 N–H and O–H groups in total. The smallest absolute Gasteiger partial charge is 0.119 e. The van der Waals surface area contributed by atoms with E-state index in [4.69, 9.17) is 4.74 Å². The number of nitrogens with zero attached hydrogens (tertiary/aromatic N) is 1. The van der Waals surface area contributed by atoms with Gasteiger partial charge in [-0.3, -0.25) is 9.29 Å². The topological polar surface area (TPSA) is 32.7 Å². The van der Waals surface area contributed by atoms with Gasteiger partial charge in [0, 0.05) is 31.5 Å². The SMILES string of the molecule is Oc1ccc2c(c1)CC[C@H](c1ccccc1)[C@@H]2c1ccc(OCCN2CC(CF)C2)cc1. The van der Waals surface area contributed by atoms with E-state index < -0.39 is 0 Å². The van der Waals surface area contributed by atoms with Gasteiger partial charge in [0.15, 0.2) is 0 Å². The summed E-state index contributed by atoms with van der Waals surface area (Å²) in [6.45, 7) is 2.93. The van der Waals surface area contributed by atoms with E-state index in [1.807, 2.05) is 6.07 Å². The van der Waals surface area contributed by atoms with E-state index in [0.717, 1.165) is 38.2 Å². The van der Waals surface area contributed by atoms with Crippen molar-refractivity contribution in [3.63, 3.8) is 0 Å². The van der Waals surface area contributed by atoms with Gasteiger partial charge in [-0.05, 0) is 65.3 Å². The Balaban J connectivity index is 1.33. The molecule has 1 fully saturated rings. The van der Waals surface area contributed by atoms with Crippen molar-refractivity contribution in [3.05, 3.63) is 95.1 Å². The van der Waals surface area contributed by atoms with Crippen molar-refractivity contribution in [3.8, 4) is 11.5 Å². The number of aromatic hydroxyl groups is 1. The summed E-state index contributed by atoms with van der Waals surface area (Å²) >= 11 is 0. The van der Waals surface area contributed by atoms with Gasteiger partial charge in [0.1, 0.15) is 18.1 Å². The number of phenols is 1. The van der Waals surface area contributed by atoms with Crippen LogP contribution < -0.4 is 4.74 Å². The molecule has 1 saturated heterocycles. The average Bonchev–Trinajstić information content (AvgIpc) is 2.80. The van der Waals surface area contributed by atoms with Crippen LogP contribution in [0.2, 0.25) is 0 Å². The minimum atomic E-state index is -0.216. The highest BCUT2D eigenvalue weighted by Crippen LogP contribution is 2.47. The van der Waals surface area contributed by atoms with Gasteiger partial charge in [-0.25, -0.2) is 0 Å². The summed E-state index contributed by atoms with van der Waals surface area (Å²) in [5, 5.41) is 10.00. The second kappa shape index (κ2) is 9.33. The first-order valence-electron chi connectivity index (χ1n) is 11.6. The fraction of sp³-hybridized carbons (Fsp3) is 0.357. The Morgan fingerprint density at radius 1 is 0.938 bits per heavy atom. The van der Waals surface area contributed by atoms with Crippen LogP contribution in [0.4, 0.5) is 4.39 Å². The molecule has 1 heterocycles. The van der Waals surface area contributed by atoms with Crippen LogP contribution in [0.5, 0.6) is 11.5 Å². The first kappa shape index (κ1) is 21.0. The lowest BCUT2D eigenvalue weighted by Crippen LogP contribution is -2.49. The molecule has 1 aliphatic carbocycles. The number of aryl methyl sites for hydroxylation is 1. The molecular weight excluding hydrogens is 401 g/mol. The third-order valence-electron chi connectivity index (χ3n) is 6.98. The number of fused-ring (bicyclic) bond motifs is 1. The monoisotopic (exact) mass is 431 g/mol. The second-order valence-corrected chi connectivity index (χ2v) is 9.11. The van der Waals surface area contributed by atoms with Crippen molar-refractivity contribution in [1.29, 1.82) is 0 Å². The molecule has 0 bridgehead atoms. The van der Waals surface area contributed by atoms with Gasteiger partial charge >= 0.3 is 0 Å². The van der Waals surface area contributed by atoms with Crippen molar-refractivity contribution >= 4 is 0 Å². The molecule has 0 spiro atoms. The predicted molar refractivity (Wildman–Crippen MR) is 125 cm³/mol. The van der Waals surface area contributed by atoms with E-state index in [0.29, 0.717) is 18.3 Å². The standard InChI is InChI=1S/C28H30FNO2/c29-17-20-18-30(19-20)14-15-32-25-10-6-22(7-11-25)28-26(21-4-2-1-3-5-21)12-8-23-16-24(31)9-13-27(23)28/h1-7,9-11,13,16,20,26,28,31H,8,12,14-15,17-19H2/t26-,28+/m1/s1. The van der Waals surface area contributed by atoms with Gasteiger partial charge in [0.25, 0.3) is 0 Å². The van der Waals surface area contributed by atoms with Crippen molar-refractivity contribution in [2.24, 2.45) is 5.92 Å².